The van der Waals surface area contributed by atoms with E-state index in [9.17, 15) is 4.79 Å². The summed E-state index contributed by atoms with van der Waals surface area (Å²) >= 11 is 0. The molecular formula is C12H24O2. The van der Waals surface area contributed by atoms with Gasteiger partial charge in [0, 0.05) is 0 Å². The van der Waals surface area contributed by atoms with E-state index >= 15 is 0 Å². The highest BCUT2D eigenvalue weighted by atomic mass is 16.5. The van der Waals surface area contributed by atoms with Crippen LogP contribution in [-0.4, -0.2) is 12.6 Å². The molecule has 0 aliphatic carbocycles. The van der Waals surface area contributed by atoms with Crippen molar-refractivity contribution in [3.05, 3.63) is 0 Å². The van der Waals surface area contributed by atoms with Gasteiger partial charge in [-0.05, 0) is 18.8 Å². The summed E-state index contributed by atoms with van der Waals surface area (Å²) in [7, 11) is 0. The molecule has 0 rings (SSSR count). The highest BCUT2D eigenvalue weighted by molar-refractivity contribution is 5.72. The topological polar surface area (TPSA) is 26.3 Å². The lowest BCUT2D eigenvalue weighted by molar-refractivity contribution is -0.150. The minimum Gasteiger partial charge on any atom is -0.465 e. The van der Waals surface area contributed by atoms with Crippen molar-refractivity contribution >= 4 is 5.97 Å². The smallest absolute Gasteiger partial charge is 0.308 e. The Labute approximate surface area is 88.0 Å². The number of unbranched alkanes of at least 4 members (excludes halogenated alkanes) is 1. The second-order valence-corrected chi connectivity index (χ2v) is 4.27. The summed E-state index contributed by atoms with van der Waals surface area (Å²) in [5.74, 6) is 0.547. The van der Waals surface area contributed by atoms with Crippen molar-refractivity contribution in [1.82, 2.24) is 0 Å². The first-order valence-corrected chi connectivity index (χ1v) is 5.78. The van der Waals surface area contributed by atoms with Gasteiger partial charge in [-0.25, -0.2) is 0 Å². The van der Waals surface area contributed by atoms with E-state index < -0.39 is 0 Å². The van der Waals surface area contributed by atoms with Gasteiger partial charge >= 0.3 is 5.97 Å². The van der Waals surface area contributed by atoms with Crippen molar-refractivity contribution in [2.45, 2.75) is 53.4 Å². The fraction of sp³-hybridized carbons (Fsp3) is 0.917. The third kappa shape index (κ3) is 6.01. The van der Waals surface area contributed by atoms with E-state index in [0.717, 1.165) is 25.7 Å². The second kappa shape index (κ2) is 7.84. The highest BCUT2D eigenvalue weighted by Crippen LogP contribution is 2.14. The largest absolute Gasteiger partial charge is 0.465 e. The number of carbonyl (C=O) groups excluding carboxylic acids is 1. The quantitative estimate of drug-likeness (QED) is 0.589. The van der Waals surface area contributed by atoms with Crippen LogP contribution in [0.25, 0.3) is 0 Å². The number of hydrogen-bond donors (Lipinski definition) is 0. The Kier molecular flexibility index (Phi) is 7.54. The molecule has 1 atom stereocenters. The zero-order valence-corrected chi connectivity index (χ0v) is 10.0. The number of rotatable bonds is 7. The molecule has 2 heteroatoms. The maximum atomic E-state index is 11.6. The first-order chi connectivity index (χ1) is 6.61. The lowest BCUT2D eigenvalue weighted by Crippen LogP contribution is -2.19. The van der Waals surface area contributed by atoms with Gasteiger partial charge in [0.2, 0.25) is 0 Å². The molecule has 0 radical (unpaired) electrons. The summed E-state index contributed by atoms with van der Waals surface area (Å²) < 4.78 is 5.21. The molecule has 0 N–H and O–H groups in total. The fourth-order valence-electron chi connectivity index (χ4n) is 1.31. The van der Waals surface area contributed by atoms with E-state index in [1.807, 2.05) is 0 Å². The van der Waals surface area contributed by atoms with Crippen LogP contribution in [0.5, 0.6) is 0 Å². The van der Waals surface area contributed by atoms with Crippen LogP contribution in [0.2, 0.25) is 0 Å². The van der Waals surface area contributed by atoms with E-state index in [4.69, 9.17) is 4.74 Å². The van der Waals surface area contributed by atoms with Gasteiger partial charge in [-0.1, -0.05) is 40.5 Å². The van der Waals surface area contributed by atoms with E-state index in [1.165, 1.54) is 0 Å². The molecule has 0 heterocycles. The molecular weight excluding hydrogens is 176 g/mol. The van der Waals surface area contributed by atoms with Crippen LogP contribution in [0.4, 0.5) is 0 Å². The molecule has 0 aromatic carbocycles. The van der Waals surface area contributed by atoms with E-state index in [1.54, 1.807) is 0 Å². The van der Waals surface area contributed by atoms with Gasteiger partial charge < -0.3 is 4.74 Å². The lowest BCUT2D eigenvalue weighted by Gasteiger charge is -2.14. The summed E-state index contributed by atoms with van der Waals surface area (Å²) in [6.45, 7) is 8.87. The first kappa shape index (κ1) is 13.5. The number of ether oxygens (including phenoxy) is 1. The molecule has 0 aromatic rings. The molecule has 0 fully saturated rings. The SMILES string of the molecule is CCCC[C@@H](CC)C(=O)OCC(C)C. The van der Waals surface area contributed by atoms with Gasteiger partial charge in [0.25, 0.3) is 0 Å². The van der Waals surface area contributed by atoms with Crippen molar-refractivity contribution in [1.29, 1.82) is 0 Å². The maximum Gasteiger partial charge on any atom is 0.308 e. The molecule has 0 unspecified atom stereocenters. The molecule has 0 aliphatic heterocycles. The van der Waals surface area contributed by atoms with Gasteiger partial charge in [-0.3, -0.25) is 4.79 Å². The van der Waals surface area contributed by atoms with Crippen molar-refractivity contribution in [2.75, 3.05) is 6.61 Å². The Morgan fingerprint density at radius 2 is 1.93 bits per heavy atom. The number of esters is 1. The normalized spacial score (nSPS) is 12.9. The molecule has 0 aromatic heterocycles. The summed E-state index contributed by atoms with van der Waals surface area (Å²) in [4.78, 5) is 11.6. The Morgan fingerprint density at radius 1 is 1.29 bits per heavy atom. The third-order valence-corrected chi connectivity index (χ3v) is 2.29. The molecule has 0 amide bonds. The summed E-state index contributed by atoms with van der Waals surface area (Å²) in [5, 5.41) is 0. The standard InChI is InChI=1S/C12H24O2/c1-5-7-8-11(6-2)12(13)14-9-10(3)4/h10-11H,5-9H2,1-4H3/t11-/m1/s1. The average molecular weight is 200 g/mol. The van der Waals surface area contributed by atoms with Gasteiger partial charge in [0.1, 0.15) is 0 Å². The Morgan fingerprint density at radius 3 is 2.36 bits per heavy atom. The second-order valence-electron chi connectivity index (χ2n) is 4.27. The van der Waals surface area contributed by atoms with Crippen molar-refractivity contribution in [3.8, 4) is 0 Å². The highest BCUT2D eigenvalue weighted by Gasteiger charge is 2.17. The van der Waals surface area contributed by atoms with E-state index in [-0.39, 0.29) is 11.9 Å². The molecule has 0 spiro atoms. The molecule has 0 aliphatic rings. The Bertz CT molecular complexity index is 152. The van der Waals surface area contributed by atoms with Crippen LogP contribution in [0.3, 0.4) is 0 Å². The summed E-state index contributed by atoms with van der Waals surface area (Å²) in [6, 6.07) is 0. The molecule has 0 saturated heterocycles. The van der Waals surface area contributed by atoms with Gasteiger partial charge in [0.15, 0.2) is 0 Å². The number of hydrogen-bond acceptors (Lipinski definition) is 2. The number of carbonyl (C=O) groups is 1. The van der Waals surface area contributed by atoms with Gasteiger partial charge in [-0.2, -0.15) is 0 Å². The maximum absolute atomic E-state index is 11.6. The molecule has 0 saturated carbocycles. The van der Waals surface area contributed by atoms with Crippen LogP contribution in [0, 0.1) is 11.8 Å². The predicted molar refractivity (Wildman–Crippen MR) is 59.1 cm³/mol. The summed E-state index contributed by atoms with van der Waals surface area (Å²) in [5.41, 5.74) is 0. The van der Waals surface area contributed by atoms with Crippen molar-refractivity contribution < 1.29 is 9.53 Å². The molecule has 2 nitrogen and oxygen atoms in total. The molecule has 0 bridgehead atoms. The zero-order valence-electron chi connectivity index (χ0n) is 10.0. The van der Waals surface area contributed by atoms with Crippen LogP contribution in [0.1, 0.15) is 53.4 Å². The minimum absolute atomic E-state index is 0.00495. The molecule has 84 valence electrons. The van der Waals surface area contributed by atoms with Gasteiger partial charge in [-0.15, -0.1) is 0 Å². The van der Waals surface area contributed by atoms with Gasteiger partial charge in [0.05, 0.1) is 12.5 Å². The van der Waals surface area contributed by atoms with E-state index in [2.05, 4.69) is 27.7 Å². The minimum atomic E-state index is -0.00495. The predicted octanol–water partition coefficient (Wildman–Crippen LogP) is 3.40. The first-order valence-electron chi connectivity index (χ1n) is 5.78. The zero-order chi connectivity index (χ0) is 11.0. The van der Waals surface area contributed by atoms with Crippen LogP contribution in [0.15, 0.2) is 0 Å². The van der Waals surface area contributed by atoms with Crippen LogP contribution >= 0.6 is 0 Å². The van der Waals surface area contributed by atoms with Crippen LogP contribution < -0.4 is 0 Å². The van der Waals surface area contributed by atoms with Crippen molar-refractivity contribution in [3.63, 3.8) is 0 Å². The van der Waals surface area contributed by atoms with E-state index in [0.29, 0.717) is 12.5 Å². The van der Waals surface area contributed by atoms with Crippen LogP contribution in [-0.2, 0) is 9.53 Å². The van der Waals surface area contributed by atoms with Crippen molar-refractivity contribution in [2.24, 2.45) is 11.8 Å². The summed E-state index contributed by atoms with van der Waals surface area (Å²) in [6.07, 6.45) is 4.14. The monoisotopic (exact) mass is 200 g/mol. The Balaban J connectivity index is 3.79. The average Bonchev–Trinajstić information content (AvgIpc) is 2.16. The fourth-order valence-corrected chi connectivity index (χ4v) is 1.31. The Hall–Kier alpha value is -0.530. The molecule has 14 heavy (non-hydrogen) atoms. The lowest BCUT2D eigenvalue weighted by atomic mass is 10.00. The third-order valence-electron chi connectivity index (χ3n) is 2.29.